The van der Waals surface area contributed by atoms with E-state index in [1.54, 1.807) is 7.11 Å². The summed E-state index contributed by atoms with van der Waals surface area (Å²) in [6.07, 6.45) is 3.00. The number of nitrogens with zero attached hydrogens (tertiary/aromatic N) is 3. The highest BCUT2D eigenvalue weighted by Crippen LogP contribution is 2.19. The Hall–Kier alpha value is -2.71. The lowest BCUT2D eigenvalue weighted by atomic mass is 10.3. The molecule has 1 aliphatic heterocycles. The molecule has 1 aromatic carbocycles. The van der Waals surface area contributed by atoms with E-state index in [1.165, 1.54) is 12.4 Å². The molecule has 0 bridgehead atoms. The quantitative estimate of drug-likeness (QED) is 0.772. The van der Waals surface area contributed by atoms with Crippen LogP contribution in [-0.4, -0.2) is 67.3 Å². The second kappa shape index (κ2) is 9.12. The summed E-state index contributed by atoms with van der Waals surface area (Å²) < 4.78 is 10.5. The number of nitrogens with one attached hydrogen (secondary N) is 2. The summed E-state index contributed by atoms with van der Waals surface area (Å²) in [7, 11) is 1.62. The van der Waals surface area contributed by atoms with Crippen molar-refractivity contribution in [2.75, 3.05) is 51.8 Å². The fraction of sp³-hybridized carbons (Fsp3) is 0.389. The molecule has 3 rings (SSSR count). The largest absolute Gasteiger partial charge is 0.497 e. The monoisotopic (exact) mass is 357 g/mol. The molecule has 2 N–H and O–H groups in total. The van der Waals surface area contributed by atoms with Crippen LogP contribution in [-0.2, 0) is 4.74 Å². The zero-order valence-corrected chi connectivity index (χ0v) is 14.8. The van der Waals surface area contributed by atoms with Gasteiger partial charge in [-0.05, 0) is 12.1 Å². The molecule has 2 heterocycles. The number of hydrogen-bond donors (Lipinski definition) is 2. The van der Waals surface area contributed by atoms with Crippen LogP contribution in [0.4, 0.5) is 11.5 Å². The summed E-state index contributed by atoms with van der Waals surface area (Å²) in [5.74, 6) is 1.08. The zero-order chi connectivity index (χ0) is 18.2. The van der Waals surface area contributed by atoms with Crippen LogP contribution in [0.5, 0.6) is 5.75 Å². The van der Waals surface area contributed by atoms with Crippen LogP contribution in [0.3, 0.4) is 0 Å². The third-order valence-corrected chi connectivity index (χ3v) is 4.04. The molecular weight excluding hydrogens is 334 g/mol. The van der Waals surface area contributed by atoms with Crippen LogP contribution in [0.1, 0.15) is 10.5 Å². The first kappa shape index (κ1) is 18.1. The van der Waals surface area contributed by atoms with E-state index in [1.807, 2.05) is 24.3 Å². The van der Waals surface area contributed by atoms with Crippen molar-refractivity contribution >= 4 is 17.4 Å². The van der Waals surface area contributed by atoms with Crippen molar-refractivity contribution in [3.63, 3.8) is 0 Å². The Morgan fingerprint density at radius 3 is 2.85 bits per heavy atom. The molecule has 1 aromatic heterocycles. The molecule has 0 spiro atoms. The van der Waals surface area contributed by atoms with Crippen LogP contribution < -0.4 is 15.4 Å². The lowest BCUT2D eigenvalue weighted by molar-refractivity contribution is 0.0383. The molecule has 1 aliphatic rings. The highest BCUT2D eigenvalue weighted by Gasteiger charge is 2.12. The highest BCUT2D eigenvalue weighted by atomic mass is 16.5. The van der Waals surface area contributed by atoms with Crippen molar-refractivity contribution < 1.29 is 14.3 Å². The first-order valence-electron chi connectivity index (χ1n) is 8.56. The number of amides is 1. The molecular formula is C18H23N5O3. The number of morpholine rings is 1. The summed E-state index contributed by atoms with van der Waals surface area (Å²) in [6, 6.07) is 7.50. The van der Waals surface area contributed by atoms with Gasteiger partial charge < -0.3 is 20.1 Å². The second-order valence-corrected chi connectivity index (χ2v) is 5.85. The Bertz CT molecular complexity index is 717. The van der Waals surface area contributed by atoms with Gasteiger partial charge in [-0.15, -0.1) is 0 Å². The molecule has 8 heteroatoms. The molecule has 1 fully saturated rings. The Morgan fingerprint density at radius 2 is 2.12 bits per heavy atom. The molecule has 1 amide bonds. The number of hydrogen-bond acceptors (Lipinski definition) is 7. The Kier molecular flexibility index (Phi) is 6.34. The number of carbonyl (C=O) groups excluding carboxylic acids is 1. The van der Waals surface area contributed by atoms with Gasteiger partial charge in [-0.25, -0.2) is 9.97 Å². The van der Waals surface area contributed by atoms with Crippen molar-refractivity contribution in [1.29, 1.82) is 0 Å². The van der Waals surface area contributed by atoms with Crippen molar-refractivity contribution in [3.8, 4) is 5.75 Å². The van der Waals surface area contributed by atoms with Crippen molar-refractivity contribution in [2.45, 2.75) is 0 Å². The van der Waals surface area contributed by atoms with Gasteiger partial charge in [0.25, 0.3) is 5.91 Å². The number of carbonyl (C=O) groups is 1. The van der Waals surface area contributed by atoms with Gasteiger partial charge in [0.05, 0.1) is 32.7 Å². The maximum atomic E-state index is 12.1. The molecule has 2 aromatic rings. The van der Waals surface area contributed by atoms with Crippen molar-refractivity contribution in [1.82, 2.24) is 20.2 Å². The van der Waals surface area contributed by atoms with Gasteiger partial charge in [0.2, 0.25) is 0 Å². The number of rotatable bonds is 7. The van der Waals surface area contributed by atoms with Gasteiger partial charge in [0.15, 0.2) is 0 Å². The molecule has 0 aliphatic carbocycles. The third kappa shape index (κ3) is 5.14. The number of methoxy groups -OCH3 is 1. The van der Waals surface area contributed by atoms with E-state index >= 15 is 0 Å². The molecule has 0 unspecified atom stereocenters. The second-order valence-electron chi connectivity index (χ2n) is 5.85. The Labute approximate surface area is 152 Å². The van der Waals surface area contributed by atoms with Gasteiger partial charge in [0, 0.05) is 37.9 Å². The lowest BCUT2D eigenvalue weighted by Crippen LogP contribution is -2.41. The van der Waals surface area contributed by atoms with Crippen molar-refractivity contribution in [2.24, 2.45) is 0 Å². The average Bonchev–Trinajstić information content (AvgIpc) is 2.69. The third-order valence-electron chi connectivity index (χ3n) is 4.04. The van der Waals surface area contributed by atoms with Crippen LogP contribution >= 0.6 is 0 Å². The van der Waals surface area contributed by atoms with E-state index in [4.69, 9.17) is 9.47 Å². The van der Waals surface area contributed by atoms with Gasteiger partial charge in [-0.1, -0.05) is 6.07 Å². The molecule has 26 heavy (non-hydrogen) atoms. The van der Waals surface area contributed by atoms with E-state index in [0.717, 1.165) is 44.3 Å². The standard InChI is InChI=1S/C18H23N5O3/c1-25-15-4-2-3-14(11-15)22-17-13-20-16(12-21-17)18(24)19-5-6-23-7-9-26-10-8-23/h2-4,11-13H,5-10H2,1H3,(H,19,24)(H,21,22). The summed E-state index contributed by atoms with van der Waals surface area (Å²) in [5, 5.41) is 6.00. The smallest absolute Gasteiger partial charge is 0.271 e. The molecule has 1 saturated heterocycles. The molecule has 0 radical (unpaired) electrons. The van der Waals surface area contributed by atoms with Crippen LogP contribution in [0.15, 0.2) is 36.7 Å². The number of benzene rings is 1. The first-order chi connectivity index (χ1) is 12.7. The minimum atomic E-state index is -0.223. The summed E-state index contributed by atoms with van der Waals surface area (Å²) in [5.41, 5.74) is 1.13. The molecule has 0 atom stereocenters. The van der Waals surface area contributed by atoms with E-state index in [0.29, 0.717) is 18.1 Å². The number of aromatic nitrogens is 2. The van der Waals surface area contributed by atoms with Gasteiger partial charge >= 0.3 is 0 Å². The van der Waals surface area contributed by atoms with E-state index in [-0.39, 0.29) is 5.91 Å². The number of ether oxygens (including phenoxy) is 2. The average molecular weight is 357 g/mol. The van der Waals surface area contributed by atoms with E-state index < -0.39 is 0 Å². The lowest BCUT2D eigenvalue weighted by Gasteiger charge is -2.26. The first-order valence-corrected chi connectivity index (χ1v) is 8.56. The predicted molar refractivity (Wildman–Crippen MR) is 97.9 cm³/mol. The van der Waals surface area contributed by atoms with E-state index in [9.17, 15) is 4.79 Å². The van der Waals surface area contributed by atoms with Crippen LogP contribution in [0.2, 0.25) is 0 Å². The highest BCUT2D eigenvalue weighted by molar-refractivity contribution is 5.92. The molecule has 0 saturated carbocycles. The summed E-state index contributed by atoms with van der Waals surface area (Å²) >= 11 is 0. The van der Waals surface area contributed by atoms with Crippen LogP contribution in [0, 0.1) is 0 Å². The minimum Gasteiger partial charge on any atom is -0.497 e. The fourth-order valence-electron chi connectivity index (χ4n) is 2.60. The minimum absolute atomic E-state index is 0.223. The van der Waals surface area contributed by atoms with Crippen LogP contribution in [0.25, 0.3) is 0 Å². The zero-order valence-electron chi connectivity index (χ0n) is 14.8. The topological polar surface area (TPSA) is 88.6 Å². The summed E-state index contributed by atoms with van der Waals surface area (Å²) in [4.78, 5) is 22.8. The fourth-order valence-corrected chi connectivity index (χ4v) is 2.60. The van der Waals surface area contributed by atoms with E-state index in [2.05, 4.69) is 25.5 Å². The van der Waals surface area contributed by atoms with Gasteiger partial charge in [-0.3, -0.25) is 9.69 Å². The summed E-state index contributed by atoms with van der Waals surface area (Å²) in [6.45, 7) is 4.69. The van der Waals surface area contributed by atoms with Gasteiger partial charge in [0.1, 0.15) is 17.3 Å². The van der Waals surface area contributed by atoms with Crippen molar-refractivity contribution in [3.05, 3.63) is 42.4 Å². The number of anilines is 2. The molecule has 8 nitrogen and oxygen atoms in total. The maximum Gasteiger partial charge on any atom is 0.271 e. The maximum absolute atomic E-state index is 12.1. The molecule has 138 valence electrons. The predicted octanol–water partition coefficient (Wildman–Crippen LogP) is 1.29. The Morgan fingerprint density at radius 1 is 1.27 bits per heavy atom. The Balaban J connectivity index is 1.49. The SMILES string of the molecule is COc1cccc(Nc2cnc(C(=O)NCCN3CCOCC3)cn2)c1. The normalized spacial score (nSPS) is 14.7. The van der Waals surface area contributed by atoms with Gasteiger partial charge in [-0.2, -0.15) is 0 Å².